The number of hydrogen-bond acceptors (Lipinski definition) is 3. The van der Waals surface area contributed by atoms with E-state index in [9.17, 15) is 9.59 Å². The number of aliphatic hydroxyl groups excluding tert-OH is 1. The van der Waals surface area contributed by atoms with Gasteiger partial charge >= 0.3 is 6.03 Å². The first-order valence-corrected chi connectivity index (χ1v) is 7.29. The average molecular weight is 293 g/mol. The van der Waals surface area contributed by atoms with E-state index in [4.69, 9.17) is 5.11 Å². The Morgan fingerprint density at radius 3 is 2.76 bits per heavy atom. The minimum absolute atomic E-state index is 0.0602. The number of pyridine rings is 1. The molecular weight excluding hydrogens is 270 g/mol. The molecule has 6 nitrogen and oxygen atoms in total. The number of amides is 2. The van der Waals surface area contributed by atoms with Crippen molar-refractivity contribution < 1.29 is 9.90 Å². The number of aryl methyl sites for hydroxylation is 2. The van der Waals surface area contributed by atoms with Crippen LogP contribution in [0.3, 0.4) is 0 Å². The van der Waals surface area contributed by atoms with Gasteiger partial charge in [0.1, 0.15) is 0 Å². The summed E-state index contributed by atoms with van der Waals surface area (Å²) in [7, 11) is 1.65. The normalized spacial score (nSPS) is 16.1. The maximum atomic E-state index is 12.0. The third-order valence-corrected chi connectivity index (χ3v) is 4.36. The highest BCUT2D eigenvalue weighted by molar-refractivity contribution is 5.89. The fourth-order valence-corrected chi connectivity index (χ4v) is 2.72. The van der Waals surface area contributed by atoms with Crippen molar-refractivity contribution in [2.24, 2.45) is 12.5 Å². The van der Waals surface area contributed by atoms with Crippen molar-refractivity contribution in [2.45, 2.75) is 32.6 Å². The SMILES string of the molecule is Cc1cc(=O)n(C)cc1NC(=O)NCC1(CCO)CCC1. The van der Waals surface area contributed by atoms with Gasteiger partial charge in [-0.3, -0.25) is 4.79 Å². The fraction of sp³-hybridized carbons (Fsp3) is 0.600. The number of urea groups is 1. The molecule has 1 aromatic heterocycles. The quantitative estimate of drug-likeness (QED) is 0.766. The van der Waals surface area contributed by atoms with E-state index in [0.29, 0.717) is 12.2 Å². The lowest BCUT2D eigenvalue weighted by Gasteiger charge is -2.41. The van der Waals surface area contributed by atoms with Crippen molar-refractivity contribution in [3.05, 3.63) is 28.2 Å². The molecule has 6 heteroatoms. The summed E-state index contributed by atoms with van der Waals surface area (Å²) in [5, 5.41) is 14.7. The zero-order chi connectivity index (χ0) is 15.5. The second kappa shape index (κ2) is 6.30. The standard InChI is InChI=1S/C15H23N3O3/c1-11-8-13(20)18(2)9-12(11)17-14(21)16-10-15(6-7-19)4-3-5-15/h8-9,19H,3-7,10H2,1-2H3,(H2,16,17,21). The fourth-order valence-electron chi connectivity index (χ4n) is 2.72. The number of anilines is 1. The van der Waals surface area contributed by atoms with Gasteiger partial charge in [0, 0.05) is 32.5 Å². The number of hydrogen-bond donors (Lipinski definition) is 3. The first-order valence-electron chi connectivity index (χ1n) is 7.29. The molecule has 21 heavy (non-hydrogen) atoms. The van der Waals surface area contributed by atoms with Gasteiger partial charge in [0.25, 0.3) is 5.56 Å². The molecule has 0 spiro atoms. The van der Waals surface area contributed by atoms with Gasteiger partial charge in [-0.2, -0.15) is 0 Å². The Morgan fingerprint density at radius 2 is 2.19 bits per heavy atom. The van der Waals surface area contributed by atoms with Crippen molar-refractivity contribution >= 4 is 11.7 Å². The predicted molar refractivity (Wildman–Crippen MR) is 81.4 cm³/mol. The number of nitrogens with zero attached hydrogens (tertiary/aromatic N) is 1. The smallest absolute Gasteiger partial charge is 0.319 e. The van der Waals surface area contributed by atoms with Crippen LogP contribution in [0.4, 0.5) is 10.5 Å². The van der Waals surface area contributed by atoms with Crippen molar-refractivity contribution in [3.63, 3.8) is 0 Å². The van der Waals surface area contributed by atoms with E-state index >= 15 is 0 Å². The molecule has 1 saturated carbocycles. The van der Waals surface area contributed by atoms with Crippen LogP contribution in [0.5, 0.6) is 0 Å². The maximum absolute atomic E-state index is 12.0. The number of rotatable bonds is 5. The summed E-state index contributed by atoms with van der Waals surface area (Å²) >= 11 is 0. The highest BCUT2D eigenvalue weighted by Gasteiger charge is 2.36. The summed E-state index contributed by atoms with van der Waals surface area (Å²) in [5.41, 5.74) is 1.32. The van der Waals surface area contributed by atoms with Crippen LogP contribution in [-0.4, -0.2) is 28.9 Å². The van der Waals surface area contributed by atoms with Gasteiger partial charge in [0.05, 0.1) is 5.69 Å². The molecule has 3 N–H and O–H groups in total. The summed E-state index contributed by atoms with van der Waals surface area (Å²) in [4.78, 5) is 23.4. The highest BCUT2D eigenvalue weighted by Crippen LogP contribution is 2.43. The lowest BCUT2D eigenvalue weighted by atomic mass is 9.67. The van der Waals surface area contributed by atoms with E-state index in [1.165, 1.54) is 10.6 Å². The molecule has 1 aliphatic rings. The molecule has 2 rings (SSSR count). The van der Waals surface area contributed by atoms with Crippen LogP contribution in [0.15, 0.2) is 17.1 Å². The van der Waals surface area contributed by atoms with Crippen LogP contribution >= 0.6 is 0 Å². The largest absolute Gasteiger partial charge is 0.396 e. The third kappa shape index (κ3) is 3.64. The van der Waals surface area contributed by atoms with E-state index < -0.39 is 0 Å². The van der Waals surface area contributed by atoms with E-state index in [1.54, 1.807) is 20.2 Å². The molecule has 0 saturated heterocycles. The summed E-state index contributed by atoms with van der Waals surface area (Å²) in [5.74, 6) is 0. The minimum Gasteiger partial charge on any atom is -0.396 e. The van der Waals surface area contributed by atoms with Crippen LogP contribution in [0.1, 0.15) is 31.2 Å². The van der Waals surface area contributed by atoms with E-state index in [-0.39, 0.29) is 23.6 Å². The first kappa shape index (κ1) is 15.6. The number of aromatic nitrogens is 1. The minimum atomic E-state index is -0.277. The number of carbonyl (C=O) groups is 1. The predicted octanol–water partition coefficient (Wildman–Crippen LogP) is 1.37. The van der Waals surface area contributed by atoms with Crippen LogP contribution in [-0.2, 0) is 7.05 Å². The van der Waals surface area contributed by atoms with Crippen LogP contribution < -0.4 is 16.2 Å². The second-order valence-corrected chi connectivity index (χ2v) is 5.95. The maximum Gasteiger partial charge on any atom is 0.319 e. The van der Waals surface area contributed by atoms with Gasteiger partial charge in [-0.25, -0.2) is 4.79 Å². The molecule has 0 aliphatic heterocycles. The van der Waals surface area contributed by atoms with Gasteiger partial charge < -0.3 is 20.3 Å². The van der Waals surface area contributed by atoms with Gasteiger partial charge in [0.15, 0.2) is 0 Å². The molecule has 116 valence electrons. The first-order chi connectivity index (χ1) is 9.96. The second-order valence-electron chi connectivity index (χ2n) is 5.95. The molecule has 0 aromatic carbocycles. The highest BCUT2D eigenvalue weighted by atomic mass is 16.3. The Morgan fingerprint density at radius 1 is 1.48 bits per heavy atom. The van der Waals surface area contributed by atoms with Crippen LogP contribution in [0, 0.1) is 12.3 Å². The van der Waals surface area contributed by atoms with Crippen molar-refractivity contribution in [3.8, 4) is 0 Å². The zero-order valence-corrected chi connectivity index (χ0v) is 12.6. The van der Waals surface area contributed by atoms with E-state index in [1.807, 2.05) is 0 Å². The third-order valence-electron chi connectivity index (χ3n) is 4.36. The van der Waals surface area contributed by atoms with Crippen molar-refractivity contribution in [1.29, 1.82) is 0 Å². The van der Waals surface area contributed by atoms with Crippen LogP contribution in [0.2, 0.25) is 0 Å². The molecule has 2 amide bonds. The summed E-state index contributed by atoms with van der Waals surface area (Å²) in [6, 6.07) is 1.22. The number of carbonyl (C=O) groups excluding carboxylic acids is 1. The van der Waals surface area contributed by atoms with Crippen LogP contribution in [0.25, 0.3) is 0 Å². The molecule has 0 atom stereocenters. The topological polar surface area (TPSA) is 83.4 Å². The number of nitrogens with one attached hydrogen (secondary N) is 2. The van der Waals surface area contributed by atoms with Gasteiger partial charge in [-0.05, 0) is 37.2 Å². The average Bonchev–Trinajstić information content (AvgIpc) is 2.39. The van der Waals surface area contributed by atoms with E-state index in [2.05, 4.69) is 10.6 Å². The van der Waals surface area contributed by atoms with Gasteiger partial charge in [-0.1, -0.05) is 6.42 Å². The molecule has 1 heterocycles. The molecular formula is C15H23N3O3. The van der Waals surface area contributed by atoms with Gasteiger partial charge in [0.2, 0.25) is 0 Å². The Labute approximate surface area is 124 Å². The molecule has 0 bridgehead atoms. The Hall–Kier alpha value is -1.82. The molecule has 0 unspecified atom stereocenters. The summed E-state index contributed by atoms with van der Waals surface area (Å²) < 4.78 is 1.43. The molecule has 1 aliphatic carbocycles. The summed E-state index contributed by atoms with van der Waals surface area (Å²) in [6.07, 6.45) is 5.60. The lowest BCUT2D eigenvalue weighted by Crippen LogP contribution is -2.44. The Kier molecular flexibility index (Phi) is 4.67. The molecule has 1 aromatic rings. The monoisotopic (exact) mass is 293 g/mol. The summed E-state index contributed by atoms with van der Waals surface area (Å²) in [6.45, 7) is 2.52. The molecule has 0 radical (unpaired) electrons. The van der Waals surface area contributed by atoms with Gasteiger partial charge in [-0.15, -0.1) is 0 Å². The van der Waals surface area contributed by atoms with Crippen molar-refractivity contribution in [1.82, 2.24) is 9.88 Å². The Bertz CT molecular complexity index is 576. The lowest BCUT2D eigenvalue weighted by molar-refractivity contribution is 0.0892. The number of aliphatic hydroxyl groups is 1. The van der Waals surface area contributed by atoms with E-state index in [0.717, 1.165) is 31.2 Å². The Balaban J connectivity index is 1.93. The van der Waals surface area contributed by atoms with Crippen molar-refractivity contribution in [2.75, 3.05) is 18.5 Å². The molecule has 1 fully saturated rings. The zero-order valence-electron chi connectivity index (χ0n) is 12.6.